The van der Waals surface area contributed by atoms with Crippen LogP contribution in [0.25, 0.3) is 0 Å². The van der Waals surface area contributed by atoms with Crippen LogP contribution in [0.3, 0.4) is 0 Å². The van der Waals surface area contributed by atoms with Gasteiger partial charge in [-0.3, -0.25) is 0 Å². The van der Waals surface area contributed by atoms with Crippen LogP contribution in [0.5, 0.6) is 0 Å². The Bertz CT molecular complexity index is 318. The molecule has 1 aliphatic rings. The molecule has 0 spiro atoms. The minimum atomic E-state index is -0.822. The van der Waals surface area contributed by atoms with Gasteiger partial charge in [-0.25, -0.2) is 4.39 Å². The number of hydrogen-bond donors (Lipinski definition) is 1. The molecule has 0 amide bonds. The molecule has 0 heterocycles. The Balaban J connectivity index is 2.57. The SMILES string of the molecule is CC1(O)CCc2ccc(F)cc21. The van der Waals surface area contributed by atoms with Crippen LogP contribution in [0, 0.1) is 5.82 Å². The van der Waals surface area contributed by atoms with Gasteiger partial charge in [0.2, 0.25) is 0 Å². The van der Waals surface area contributed by atoms with Gasteiger partial charge in [-0.05, 0) is 43.0 Å². The number of hydrogen-bond acceptors (Lipinski definition) is 1. The lowest BCUT2D eigenvalue weighted by Crippen LogP contribution is -2.16. The van der Waals surface area contributed by atoms with Crippen LogP contribution in [0.15, 0.2) is 18.2 Å². The molecule has 12 heavy (non-hydrogen) atoms. The summed E-state index contributed by atoms with van der Waals surface area (Å²) in [6.45, 7) is 1.73. The lowest BCUT2D eigenvalue weighted by Gasteiger charge is -2.16. The summed E-state index contributed by atoms with van der Waals surface area (Å²) in [7, 11) is 0. The molecule has 0 saturated heterocycles. The zero-order valence-corrected chi connectivity index (χ0v) is 6.97. The Labute approximate surface area is 70.8 Å². The van der Waals surface area contributed by atoms with Crippen molar-refractivity contribution in [3.8, 4) is 0 Å². The van der Waals surface area contributed by atoms with Crippen LogP contribution in [0.2, 0.25) is 0 Å². The molecule has 1 aromatic rings. The molecule has 2 rings (SSSR count). The van der Waals surface area contributed by atoms with Crippen LogP contribution in [0.4, 0.5) is 4.39 Å². The normalized spacial score (nSPS) is 27.2. The predicted molar refractivity (Wildman–Crippen MR) is 44.3 cm³/mol. The lowest BCUT2D eigenvalue weighted by atomic mass is 9.99. The fourth-order valence-corrected chi connectivity index (χ4v) is 1.78. The molecule has 1 unspecified atom stereocenters. The molecule has 1 N–H and O–H groups in total. The highest BCUT2D eigenvalue weighted by molar-refractivity contribution is 5.36. The first-order valence-corrected chi connectivity index (χ1v) is 4.11. The molecule has 0 fully saturated rings. The molecule has 1 aromatic carbocycles. The van der Waals surface area contributed by atoms with E-state index in [9.17, 15) is 9.50 Å². The molecule has 1 aliphatic carbocycles. The second kappa shape index (κ2) is 2.30. The highest BCUT2D eigenvalue weighted by atomic mass is 19.1. The first-order chi connectivity index (χ1) is 5.59. The minimum absolute atomic E-state index is 0.268. The molecule has 0 radical (unpaired) electrons. The topological polar surface area (TPSA) is 20.2 Å². The van der Waals surface area contributed by atoms with Gasteiger partial charge in [-0.2, -0.15) is 0 Å². The molecule has 1 nitrogen and oxygen atoms in total. The summed E-state index contributed by atoms with van der Waals surface area (Å²) in [6, 6.07) is 4.63. The quantitative estimate of drug-likeness (QED) is 0.624. The third-order valence-electron chi connectivity index (χ3n) is 2.53. The van der Waals surface area contributed by atoms with E-state index in [1.807, 2.05) is 0 Å². The minimum Gasteiger partial charge on any atom is -0.385 e. The zero-order chi connectivity index (χ0) is 8.77. The number of fused-ring (bicyclic) bond motifs is 1. The van der Waals surface area contributed by atoms with Gasteiger partial charge in [0.15, 0.2) is 0 Å². The maximum Gasteiger partial charge on any atom is 0.123 e. The van der Waals surface area contributed by atoms with Gasteiger partial charge in [-0.1, -0.05) is 6.07 Å². The Kier molecular flexibility index (Phi) is 1.48. The van der Waals surface area contributed by atoms with E-state index in [1.54, 1.807) is 13.0 Å². The molecule has 0 aromatic heterocycles. The molecule has 64 valence electrons. The molecular formula is C10H11FO. The number of halogens is 1. The average Bonchev–Trinajstić information content (AvgIpc) is 2.28. The number of aliphatic hydroxyl groups is 1. The molecule has 0 aliphatic heterocycles. The fraction of sp³-hybridized carbons (Fsp3) is 0.400. The summed E-state index contributed by atoms with van der Waals surface area (Å²) < 4.78 is 12.8. The van der Waals surface area contributed by atoms with Crippen molar-refractivity contribution >= 4 is 0 Å². The smallest absolute Gasteiger partial charge is 0.123 e. The van der Waals surface area contributed by atoms with Crippen LogP contribution in [0.1, 0.15) is 24.5 Å². The third-order valence-corrected chi connectivity index (χ3v) is 2.53. The first-order valence-electron chi connectivity index (χ1n) is 4.11. The number of rotatable bonds is 0. The van der Waals surface area contributed by atoms with Crippen molar-refractivity contribution < 1.29 is 9.50 Å². The largest absolute Gasteiger partial charge is 0.385 e. The lowest BCUT2D eigenvalue weighted by molar-refractivity contribution is 0.0592. The predicted octanol–water partition coefficient (Wildman–Crippen LogP) is 1.98. The van der Waals surface area contributed by atoms with E-state index >= 15 is 0 Å². The van der Waals surface area contributed by atoms with Crippen LogP contribution in [-0.4, -0.2) is 5.11 Å². The van der Waals surface area contributed by atoms with E-state index in [1.165, 1.54) is 12.1 Å². The van der Waals surface area contributed by atoms with Crippen LogP contribution < -0.4 is 0 Å². The molecular weight excluding hydrogens is 155 g/mol. The van der Waals surface area contributed by atoms with Crippen molar-refractivity contribution in [1.29, 1.82) is 0 Å². The molecule has 1 atom stereocenters. The van der Waals surface area contributed by atoms with Gasteiger partial charge < -0.3 is 5.11 Å². The first kappa shape index (κ1) is 7.74. The summed E-state index contributed by atoms with van der Waals surface area (Å²) in [6.07, 6.45) is 1.55. The van der Waals surface area contributed by atoms with E-state index in [4.69, 9.17) is 0 Å². The Morgan fingerprint density at radius 2 is 2.25 bits per heavy atom. The van der Waals surface area contributed by atoms with Crippen LogP contribution >= 0.6 is 0 Å². The summed E-state index contributed by atoms with van der Waals surface area (Å²) in [5.74, 6) is -0.268. The second-order valence-electron chi connectivity index (χ2n) is 3.58. The van der Waals surface area contributed by atoms with E-state index in [0.717, 1.165) is 17.5 Å². The maximum atomic E-state index is 12.8. The Hall–Kier alpha value is -0.890. The number of aryl methyl sites for hydroxylation is 1. The van der Waals surface area contributed by atoms with Gasteiger partial charge in [0.25, 0.3) is 0 Å². The van der Waals surface area contributed by atoms with Crippen molar-refractivity contribution in [3.63, 3.8) is 0 Å². The van der Waals surface area contributed by atoms with Gasteiger partial charge in [0, 0.05) is 0 Å². The Morgan fingerprint density at radius 1 is 1.50 bits per heavy atom. The van der Waals surface area contributed by atoms with E-state index in [2.05, 4.69) is 0 Å². The highest BCUT2D eigenvalue weighted by Gasteiger charge is 2.31. The van der Waals surface area contributed by atoms with Gasteiger partial charge in [0.1, 0.15) is 5.82 Å². The molecule has 2 heteroatoms. The van der Waals surface area contributed by atoms with E-state index in [-0.39, 0.29) is 5.82 Å². The molecule has 0 bridgehead atoms. The summed E-state index contributed by atoms with van der Waals surface area (Å²) in [4.78, 5) is 0. The van der Waals surface area contributed by atoms with Crippen molar-refractivity contribution in [1.82, 2.24) is 0 Å². The van der Waals surface area contributed by atoms with Crippen molar-refractivity contribution in [2.24, 2.45) is 0 Å². The molecule has 0 saturated carbocycles. The van der Waals surface area contributed by atoms with Gasteiger partial charge >= 0.3 is 0 Å². The summed E-state index contributed by atoms with van der Waals surface area (Å²) in [5, 5.41) is 9.80. The summed E-state index contributed by atoms with van der Waals surface area (Å²) in [5.41, 5.74) is 1.00. The second-order valence-corrected chi connectivity index (χ2v) is 3.58. The monoisotopic (exact) mass is 166 g/mol. The summed E-state index contributed by atoms with van der Waals surface area (Å²) >= 11 is 0. The van der Waals surface area contributed by atoms with Gasteiger partial charge in [-0.15, -0.1) is 0 Å². The number of benzene rings is 1. The van der Waals surface area contributed by atoms with Crippen LogP contribution in [-0.2, 0) is 12.0 Å². The Morgan fingerprint density at radius 3 is 3.00 bits per heavy atom. The standard InChI is InChI=1S/C10H11FO/c1-10(12)5-4-7-2-3-8(11)6-9(7)10/h2-3,6,12H,4-5H2,1H3. The maximum absolute atomic E-state index is 12.8. The van der Waals surface area contributed by atoms with Crippen molar-refractivity contribution in [2.75, 3.05) is 0 Å². The highest BCUT2D eigenvalue weighted by Crippen LogP contribution is 2.36. The van der Waals surface area contributed by atoms with Crippen molar-refractivity contribution in [3.05, 3.63) is 35.1 Å². The van der Waals surface area contributed by atoms with Crippen molar-refractivity contribution in [2.45, 2.75) is 25.4 Å². The fourth-order valence-electron chi connectivity index (χ4n) is 1.78. The average molecular weight is 166 g/mol. The van der Waals surface area contributed by atoms with E-state index in [0.29, 0.717) is 6.42 Å². The zero-order valence-electron chi connectivity index (χ0n) is 6.97. The van der Waals surface area contributed by atoms with E-state index < -0.39 is 5.60 Å². The van der Waals surface area contributed by atoms with Gasteiger partial charge in [0.05, 0.1) is 5.60 Å². The third kappa shape index (κ3) is 1.03.